The molecular formula is C14H9ClN6. The molecule has 0 spiro atoms. The van der Waals surface area contributed by atoms with Crippen LogP contribution in [0.4, 0.5) is 11.9 Å². The number of rotatable bonds is 3. The van der Waals surface area contributed by atoms with Crippen molar-refractivity contribution in [2.45, 2.75) is 0 Å². The van der Waals surface area contributed by atoms with Crippen molar-refractivity contribution in [2.24, 2.45) is 10.2 Å². The van der Waals surface area contributed by atoms with E-state index in [0.717, 1.165) is 5.56 Å². The highest BCUT2D eigenvalue weighted by atomic mass is 35.5. The summed E-state index contributed by atoms with van der Waals surface area (Å²) in [6, 6.07) is 11.3. The number of benzene rings is 1. The van der Waals surface area contributed by atoms with Crippen molar-refractivity contribution in [2.75, 3.05) is 0 Å². The van der Waals surface area contributed by atoms with Gasteiger partial charge in [0.1, 0.15) is 0 Å². The van der Waals surface area contributed by atoms with Crippen LogP contribution in [0.1, 0.15) is 0 Å². The van der Waals surface area contributed by atoms with Crippen molar-refractivity contribution in [1.29, 1.82) is 0 Å². The number of aromatic nitrogens is 4. The van der Waals surface area contributed by atoms with E-state index in [0.29, 0.717) is 10.7 Å². The van der Waals surface area contributed by atoms with Crippen molar-refractivity contribution in [3.05, 3.63) is 60.0 Å². The summed E-state index contributed by atoms with van der Waals surface area (Å²) in [4.78, 5) is 16.2. The lowest BCUT2D eigenvalue weighted by Crippen LogP contribution is -1.88. The first kappa shape index (κ1) is 13.3. The molecule has 0 aliphatic rings. The highest BCUT2D eigenvalue weighted by Gasteiger charge is 2.07. The summed E-state index contributed by atoms with van der Waals surface area (Å²) < 4.78 is 0. The fraction of sp³-hybridized carbons (Fsp3) is 0. The van der Waals surface area contributed by atoms with E-state index in [1.165, 1.54) is 6.20 Å². The van der Waals surface area contributed by atoms with Gasteiger partial charge in [0.2, 0.25) is 0 Å². The van der Waals surface area contributed by atoms with Gasteiger partial charge in [0.15, 0.2) is 0 Å². The van der Waals surface area contributed by atoms with Crippen molar-refractivity contribution in [1.82, 2.24) is 19.9 Å². The molecule has 2 aromatic heterocycles. The van der Waals surface area contributed by atoms with Crippen molar-refractivity contribution in [3.8, 4) is 11.3 Å². The van der Waals surface area contributed by atoms with Crippen molar-refractivity contribution >= 4 is 23.5 Å². The molecule has 0 saturated carbocycles. The molecule has 0 saturated heterocycles. The van der Waals surface area contributed by atoms with Gasteiger partial charge >= 0.3 is 0 Å². The molecule has 3 rings (SSSR count). The zero-order valence-corrected chi connectivity index (χ0v) is 11.5. The molecule has 0 aliphatic heterocycles. The topological polar surface area (TPSA) is 76.3 Å². The van der Waals surface area contributed by atoms with E-state index >= 15 is 0 Å². The average molecular weight is 297 g/mol. The lowest BCUT2D eigenvalue weighted by Gasteiger charge is -2.02. The molecule has 21 heavy (non-hydrogen) atoms. The highest BCUT2D eigenvalue weighted by Crippen LogP contribution is 2.26. The molecule has 0 radical (unpaired) electrons. The highest BCUT2D eigenvalue weighted by molar-refractivity contribution is 6.32. The SMILES string of the molecule is Clc1cnc(N=Nc2ncccn2)nc1-c1ccccc1. The first-order valence-electron chi connectivity index (χ1n) is 6.09. The van der Waals surface area contributed by atoms with Crippen LogP contribution >= 0.6 is 11.6 Å². The second-order valence-corrected chi connectivity index (χ2v) is 4.39. The Morgan fingerprint density at radius 3 is 2.29 bits per heavy atom. The van der Waals surface area contributed by atoms with Crippen LogP contribution in [-0.2, 0) is 0 Å². The molecule has 0 amide bonds. The molecule has 2 heterocycles. The fourth-order valence-corrected chi connectivity index (χ4v) is 1.84. The van der Waals surface area contributed by atoms with E-state index in [1.54, 1.807) is 18.5 Å². The standard InChI is InChI=1S/C14H9ClN6/c15-11-9-18-14(21-20-13-16-7-4-8-17-13)19-12(11)10-5-2-1-3-6-10/h1-9H. The van der Waals surface area contributed by atoms with E-state index in [4.69, 9.17) is 11.6 Å². The quantitative estimate of drug-likeness (QED) is 0.684. The third-order valence-electron chi connectivity index (χ3n) is 2.56. The Labute approximate surface area is 125 Å². The summed E-state index contributed by atoms with van der Waals surface area (Å²) in [6.45, 7) is 0. The van der Waals surface area contributed by atoms with Gasteiger partial charge < -0.3 is 0 Å². The van der Waals surface area contributed by atoms with Crippen LogP contribution in [0.15, 0.2) is 65.2 Å². The Bertz CT molecular complexity index is 761. The molecule has 0 fully saturated rings. The lowest BCUT2D eigenvalue weighted by molar-refractivity contribution is 1.02. The molecule has 0 unspecified atom stereocenters. The largest absolute Gasteiger partial charge is 0.269 e. The van der Waals surface area contributed by atoms with E-state index in [9.17, 15) is 0 Å². The zero-order chi connectivity index (χ0) is 14.5. The molecular weight excluding hydrogens is 288 g/mol. The average Bonchev–Trinajstić information content (AvgIpc) is 2.56. The molecule has 3 aromatic rings. The Morgan fingerprint density at radius 2 is 1.52 bits per heavy atom. The maximum absolute atomic E-state index is 6.13. The van der Waals surface area contributed by atoms with Gasteiger partial charge in [-0.3, -0.25) is 0 Å². The van der Waals surface area contributed by atoms with E-state index < -0.39 is 0 Å². The van der Waals surface area contributed by atoms with Crippen LogP contribution in [0.25, 0.3) is 11.3 Å². The second-order valence-electron chi connectivity index (χ2n) is 3.98. The molecule has 6 nitrogen and oxygen atoms in total. The number of hydrogen-bond donors (Lipinski definition) is 0. The van der Waals surface area contributed by atoms with Gasteiger partial charge in [0.05, 0.1) is 16.9 Å². The predicted octanol–water partition coefficient (Wildman–Crippen LogP) is 4.00. The Hall–Kier alpha value is -2.73. The minimum atomic E-state index is 0.200. The van der Waals surface area contributed by atoms with Gasteiger partial charge in [0, 0.05) is 18.0 Å². The van der Waals surface area contributed by atoms with Crippen LogP contribution in [0.3, 0.4) is 0 Å². The third kappa shape index (κ3) is 3.24. The van der Waals surface area contributed by atoms with Crippen LogP contribution in [0, 0.1) is 0 Å². The minimum absolute atomic E-state index is 0.200. The zero-order valence-electron chi connectivity index (χ0n) is 10.8. The van der Waals surface area contributed by atoms with Crippen LogP contribution < -0.4 is 0 Å². The lowest BCUT2D eigenvalue weighted by atomic mass is 10.1. The molecule has 1 aromatic carbocycles. The molecule has 7 heteroatoms. The monoisotopic (exact) mass is 296 g/mol. The number of azo groups is 1. The molecule has 102 valence electrons. The third-order valence-corrected chi connectivity index (χ3v) is 2.84. The van der Waals surface area contributed by atoms with Gasteiger partial charge in [-0.15, -0.1) is 10.2 Å². The summed E-state index contributed by atoms with van der Waals surface area (Å²) in [7, 11) is 0. The summed E-state index contributed by atoms with van der Waals surface area (Å²) in [6.07, 6.45) is 4.66. The van der Waals surface area contributed by atoms with Gasteiger partial charge in [-0.25, -0.2) is 19.9 Å². The minimum Gasteiger partial charge on any atom is -0.218 e. The van der Waals surface area contributed by atoms with Gasteiger partial charge in [-0.1, -0.05) is 41.9 Å². The molecule has 0 atom stereocenters. The summed E-state index contributed by atoms with van der Waals surface area (Å²) in [5.74, 6) is 0.447. The van der Waals surface area contributed by atoms with Crippen LogP contribution in [0.5, 0.6) is 0 Å². The maximum Gasteiger partial charge on any atom is 0.269 e. The summed E-state index contributed by atoms with van der Waals surface area (Å²) >= 11 is 6.13. The number of hydrogen-bond acceptors (Lipinski definition) is 6. The van der Waals surface area contributed by atoms with Crippen molar-refractivity contribution in [3.63, 3.8) is 0 Å². The van der Waals surface area contributed by atoms with Crippen molar-refractivity contribution < 1.29 is 0 Å². The number of nitrogens with zero attached hydrogens (tertiary/aromatic N) is 6. The maximum atomic E-state index is 6.13. The first-order valence-corrected chi connectivity index (χ1v) is 6.47. The van der Waals surface area contributed by atoms with E-state index in [2.05, 4.69) is 30.2 Å². The predicted molar refractivity (Wildman–Crippen MR) is 78.7 cm³/mol. The van der Waals surface area contributed by atoms with Gasteiger partial charge in [-0.2, -0.15) is 0 Å². The normalized spacial score (nSPS) is 10.9. The van der Waals surface area contributed by atoms with Gasteiger partial charge in [-0.05, 0) is 6.07 Å². The number of halogens is 1. The molecule has 0 bridgehead atoms. The molecule has 0 aliphatic carbocycles. The van der Waals surface area contributed by atoms with Crippen LogP contribution in [-0.4, -0.2) is 19.9 Å². The Balaban J connectivity index is 1.93. The molecule has 0 N–H and O–H groups in total. The smallest absolute Gasteiger partial charge is 0.218 e. The Morgan fingerprint density at radius 1 is 0.810 bits per heavy atom. The second kappa shape index (κ2) is 6.15. The van der Waals surface area contributed by atoms with Gasteiger partial charge in [0.25, 0.3) is 11.9 Å². The fourth-order valence-electron chi connectivity index (χ4n) is 1.64. The summed E-state index contributed by atoms with van der Waals surface area (Å²) in [5.41, 5.74) is 1.49. The van der Waals surface area contributed by atoms with E-state index in [-0.39, 0.29) is 11.9 Å². The van der Waals surface area contributed by atoms with Crippen LogP contribution in [0.2, 0.25) is 5.02 Å². The van der Waals surface area contributed by atoms with E-state index in [1.807, 2.05) is 30.3 Å². The summed E-state index contributed by atoms with van der Waals surface area (Å²) in [5, 5.41) is 8.25. The Kier molecular flexibility index (Phi) is 3.88. The first-order chi connectivity index (χ1) is 10.3.